The monoisotopic (exact) mass is 323 g/mol. The summed E-state index contributed by atoms with van der Waals surface area (Å²) in [6, 6.07) is 13.4. The molecular formula is C18H17N3O3. The summed E-state index contributed by atoms with van der Waals surface area (Å²) in [6.07, 6.45) is 3.99. The standard InChI is InChI=1S/C18H17N3O3/c22-18(14-7-9-24-12-14)19-17-10-16(13-6-8-23-11-13)20-21(17)15-4-2-1-3-5-15/h1-6,8,10-11,14H,7,9,12H2,(H,19,22)/t14-/m0/s1. The molecule has 3 aromatic rings. The van der Waals surface area contributed by atoms with Gasteiger partial charge in [-0.05, 0) is 24.6 Å². The van der Waals surface area contributed by atoms with Gasteiger partial charge in [0.2, 0.25) is 5.91 Å². The summed E-state index contributed by atoms with van der Waals surface area (Å²) in [7, 11) is 0. The number of nitrogens with one attached hydrogen (secondary N) is 1. The molecule has 122 valence electrons. The second kappa shape index (κ2) is 6.33. The number of para-hydroxylation sites is 1. The van der Waals surface area contributed by atoms with Crippen molar-refractivity contribution in [3.8, 4) is 16.9 Å². The van der Waals surface area contributed by atoms with E-state index in [4.69, 9.17) is 9.15 Å². The molecule has 3 heterocycles. The summed E-state index contributed by atoms with van der Waals surface area (Å²) in [5.41, 5.74) is 2.49. The molecule has 6 nitrogen and oxygen atoms in total. The van der Waals surface area contributed by atoms with Crippen LogP contribution in [-0.2, 0) is 9.53 Å². The Labute approximate surface area is 139 Å². The molecule has 1 aliphatic rings. The molecule has 2 aromatic heterocycles. The van der Waals surface area contributed by atoms with Crippen molar-refractivity contribution in [2.45, 2.75) is 6.42 Å². The average Bonchev–Trinajstić information content (AvgIpc) is 3.36. The number of aromatic nitrogens is 2. The van der Waals surface area contributed by atoms with Crippen LogP contribution in [0.4, 0.5) is 5.82 Å². The van der Waals surface area contributed by atoms with E-state index < -0.39 is 0 Å². The summed E-state index contributed by atoms with van der Waals surface area (Å²) in [6.45, 7) is 1.11. The van der Waals surface area contributed by atoms with Gasteiger partial charge in [-0.15, -0.1) is 0 Å². The number of amides is 1. The third-order valence-electron chi connectivity index (χ3n) is 4.08. The van der Waals surface area contributed by atoms with Gasteiger partial charge < -0.3 is 14.5 Å². The normalized spacial score (nSPS) is 17.1. The topological polar surface area (TPSA) is 69.3 Å². The first-order valence-electron chi connectivity index (χ1n) is 7.88. The number of benzene rings is 1. The van der Waals surface area contributed by atoms with Crippen molar-refractivity contribution in [1.29, 1.82) is 0 Å². The molecule has 0 spiro atoms. The predicted octanol–water partition coefficient (Wildman–Crippen LogP) is 3.11. The maximum absolute atomic E-state index is 12.4. The molecule has 0 radical (unpaired) electrons. The summed E-state index contributed by atoms with van der Waals surface area (Å²) in [5.74, 6) is 0.485. The van der Waals surface area contributed by atoms with Gasteiger partial charge in [-0.1, -0.05) is 18.2 Å². The van der Waals surface area contributed by atoms with Gasteiger partial charge in [0, 0.05) is 18.2 Å². The van der Waals surface area contributed by atoms with E-state index in [9.17, 15) is 4.79 Å². The van der Waals surface area contributed by atoms with Crippen molar-refractivity contribution in [2.75, 3.05) is 18.5 Å². The number of anilines is 1. The smallest absolute Gasteiger partial charge is 0.231 e. The van der Waals surface area contributed by atoms with Crippen LogP contribution in [0.2, 0.25) is 0 Å². The lowest BCUT2D eigenvalue weighted by Crippen LogP contribution is -2.24. The van der Waals surface area contributed by atoms with Crippen LogP contribution in [0.1, 0.15) is 6.42 Å². The first-order chi connectivity index (χ1) is 11.8. The van der Waals surface area contributed by atoms with Gasteiger partial charge in [0.05, 0.1) is 36.4 Å². The van der Waals surface area contributed by atoms with Gasteiger partial charge in [-0.3, -0.25) is 4.79 Å². The lowest BCUT2D eigenvalue weighted by Gasteiger charge is -2.11. The summed E-state index contributed by atoms with van der Waals surface area (Å²) >= 11 is 0. The minimum absolute atomic E-state index is 0.0386. The van der Waals surface area contributed by atoms with E-state index in [2.05, 4.69) is 10.4 Å². The van der Waals surface area contributed by atoms with E-state index in [1.165, 1.54) is 0 Å². The number of nitrogens with zero attached hydrogens (tertiary/aromatic N) is 2. The van der Waals surface area contributed by atoms with Gasteiger partial charge in [-0.2, -0.15) is 5.10 Å². The Bertz CT molecular complexity index is 819. The highest BCUT2D eigenvalue weighted by atomic mass is 16.5. The molecule has 1 atom stereocenters. The Morgan fingerprint density at radius 2 is 2.12 bits per heavy atom. The summed E-state index contributed by atoms with van der Waals surface area (Å²) < 4.78 is 12.2. The fourth-order valence-corrected chi connectivity index (χ4v) is 2.76. The third-order valence-corrected chi connectivity index (χ3v) is 4.08. The fraction of sp³-hybridized carbons (Fsp3) is 0.222. The Morgan fingerprint density at radius 3 is 2.83 bits per heavy atom. The van der Waals surface area contributed by atoms with Crippen LogP contribution in [0.15, 0.2) is 59.4 Å². The maximum Gasteiger partial charge on any atom is 0.231 e. The lowest BCUT2D eigenvalue weighted by atomic mass is 10.1. The summed E-state index contributed by atoms with van der Waals surface area (Å²) in [4.78, 5) is 12.4. The molecule has 0 saturated carbocycles. The molecule has 1 aliphatic heterocycles. The number of ether oxygens (including phenoxy) is 1. The van der Waals surface area contributed by atoms with E-state index in [0.29, 0.717) is 19.0 Å². The van der Waals surface area contributed by atoms with E-state index in [1.54, 1.807) is 17.2 Å². The predicted molar refractivity (Wildman–Crippen MR) is 88.8 cm³/mol. The van der Waals surface area contributed by atoms with E-state index in [0.717, 1.165) is 23.4 Å². The number of rotatable bonds is 4. The van der Waals surface area contributed by atoms with Crippen LogP contribution in [0.5, 0.6) is 0 Å². The first-order valence-corrected chi connectivity index (χ1v) is 7.88. The van der Waals surface area contributed by atoms with E-state index >= 15 is 0 Å². The molecule has 1 amide bonds. The Balaban J connectivity index is 1.69. The highest BCUT2D eigenvalue weighted by Crippen LogP contribution is 2.26. The maximum atomic E-state index is 12.4. The quantitative estimate of drug-likeness (QED) is 0.801. The third kappa shape index (κ3) is 2.83. The van der Waals surface area contributed by atoms with Crippen molar-refractivity contribution in [3.63, 3.8) is 0 Å². The highest BCUT2D eigenvalue weighted by Gasteiger charge is 2.25. The van der Waals surface area contributed by atoms with Crippen molar-refractivity contribution in [2.24, 2.45) is 5.92 Å². The summed E-state index contributed by atoms with van der Waals surface area (Å²) in [5, 5.41) is 7.60. The molecule has 0 aliphatic carbocycles. The van der Waals surface area contributed by atoms with Crippen LogP contribution in [0, 0.1) is 5.92 Å². The molecule has 1 fully saturated rings. The van der Waals surface area contributed by atoms with Crippen LogP contribution >= 0.6 is 0 Å². The number of carbonyl (C=O) groups is 1. The van der Waals surface area contributed by atoms with Gasteiger partial charge in [0.1, 0.15) is 5.82 Å². The zero-order valence-corrected chi connectivity index (χ0v) is 13.0. The van der Waals surface area contributed by atoms with Gasteiger partial charge in [-0.25, -0.2) is 4.68 Å². The minimum Gasteiger partial charge on any atom is -0.472 e. The van der Waals surface area contributed by atoms with Gasteiger partial charge in [0.15, 0.2) is 0 Å². The molecule has 24 heavy (non-hydrogen) atoms. The number of carbonyl (C=O) groups excluding carboxylic acids is 1. The van der Waals surface area contributed by atoms with Crippen molar-refractivity contribution in [1.82, 2.24) is 9.78 Å². The SMILES string of the molecule is O=C(Nc1cc(-c2ccoc2)nn1-c1ccccc1)[C@H]1CCOC1. The second-order valence-electron chi connectivity index (χ2n) is 5.72. The Hall–Kier alpha value is -2.86. The van der Waals surface area contributed by atoms with Gasteiger partial charge >= 0.3 is 0 Å². The molecule has 6 heteroatoms. The molecule has 0 unspecified atom stereocenters. The van der Waals surface area contributed by atoms with E-state index in [1.807, 2.05) is 42.5 Å². The zero-order chi connectivity index (χ0) is 16.4. The van der Waals surface area contributed by atoms with Crippen LogP contribution in [0.3, 0.4) is 0 Å². The lowest BCUT2D eigenvalue weighted by molar-refractivity contribution is -0.119. The van der Waals surface area contributed by atoms with Crippen molar-refractivity contribution < 1.29 is 13.9 Å². The molecule has 1 saturated heterocycles. The largest absolute Gasteiger partial charge is 0.472 e. The fourth-order valence-electron chi connectivity index (χ4n) is 2.76. The number of furan rings is 1. The molecular weight excluding hydrogens is 306 g/mol. The van der Waals surface area contributed by atoms with Gasteiger partial charge in [0.25, 0.3) is 0 Å². The highest BCUT2D eigenvalue weighted by molar-refractivity contribution is 5.92. The minimum atomic E-state index is -0.110. The van der Waals surface area contributed by atoms with Crippen LogP contribution in [0.25, 0.3) is 16.9 Å². The molecule has 1 N–H and O–H groups in total. The van der Waals surface area contributed by atoms with Crippen LogP contribution in [-0.4, -0.2) is 28.9 Å². The number of hydrogen-bond acceptors (Lipinski definition) is 4. The van der Waals surface area contributed by atoms with Crippen LogP contribution < -0.4 is 5.32 Å². The average molecular weight is 323 g/mol. The van der Waals surface area contributed by atoms with E-state index in [-0.39, 0.29) is 11.8 Å². The number of hydrogen-bond donors (Lipinski definition) is 1. The van der Waals surface area contributed by atoms with Crippen molar-refractivity contribution in [3.05, 3.63) is 55.0 Å². The zero-order valence-electron chi connectivity index (χ0n) is 13.0. The Morgan fingerprint density at radius 1 is 1.25 bits per heavy atom. The molecule has 4 rings (SSSR count). The van der Waals surface area contributed by atoms with Crippen molar-refractivity contribution >= 4 is 11.7 Å². The first kappa shape index (κ1) is 14.7. The second-order valence-corrected chi connectivity index (χ2v) is 5.72. The molecule has 0 bridgehead atoms. The Kier molecular flexibility index (Phi) is 3.88. The molecule has 1 aromatic carbocycles.